The van der Waals surface area contributed by atoms with Gasteiger partial charge in [-0.05, 0) is 58.8 Å². The van der Waals surface area contributed by atoms with Gasteiger partial charge in [0.1, 0.15) is 0 Å². The second-order valence-electron chi connectivity index (χ2n) is 5.12. The molecule has 1 aromatic rings. The van der Waals surface area contributed by atoms with Crippen molar-refractivity contribution in [1.29, 1.82) is 0 Å². The lowest BCUT2D eigenvalue weighted by atomic mass is 10.1. The molecule has 2 rings (SSSR count). The predicted molar refractivity (Wildman–Crippen MR) is 80.7 cm³/mol. The molecule has 1 aromatic carbocycles. The quantitative estimate of drug-likeness (QED) is 0.835. The highest BCUT2D eigenvalue weighted by molar-refractivity contribution is 9.11. The van der Waals surface area contributed by atoms with Crippen LogP contribution in [0.2, 0.25) is 0 Å². The summed E-state index contributed by atoms with van der Waals surface area (Å²) in [6.45, 7) is 3.08. The summed E-state index contributed by atoms with van der Waals surface area (Å²) >= 11 is 6.80. The molecule has 1 amide bonds. The first-order chi connectivity index (χ1) is 8.56. The fourth-order valence-corrected chi connectivity index (χ4v) is 3.74. The van der Waals surface area contributed by atoms with Gasteiger partial charge in [-0.2, -0.15) is 0 Å². The van der Waals surface area contributed by atoms with Crippen LogP contribution < -0.4 is 5.32 Å². The predicted octanol–water partition coefficient (Wildman–Crippen LogP) is 4.38. The molecule has 0 radical (unpaired) electrons. The van der Waals surface area contributed by atoms with Gasteiger partial charge in [-0.1, -0.05) is 29.3 Å². The summed E-state index contributed by atoms with van der Waals surface area (Å²) in [5.74, 6) is 1.47. The van der Waals surface area contributed by atoms with Crippen molar-refractivity contribution < 1.29 is 4.79 Å². The highest BCUT2D eigenvalue weighted by Crippen LogP contribution is 2.29. The standard InChI is InChI=1S/C14H17Br2NO/c1-9-2-3-10(6-9)8-17-14(18)12-5-4-11(15)7-13(12)16/h4-5,7,9-10H,2-3,6,8H2,1H3,(H,17,18). The van der Waals surface area contributed by atoms with Crippen LogP contribution in [0.3, 0.4) is 0 Å². The molecule has 1 aliphatic carbocycles. The lowest BCUT2D eigenvalue weighted by molar-refractivity contribution is 0.0946. The van der Waals surface area contributed by atoms with E-state index in [1.54, 1.807) is 0 Å². The van der Waals surface area contributed by atoms with E-state index in [0.717, 1.165) is 21.4 Å². The molecule has 2 atom stereocenters. The molecule has 0 aromatic heterocycles. The fraction of sp³-hybridized carbons (Fsp3) is 0.500. The molecule has 0 saturated heterocycles. The fourth-order valence-electron chi connectivity index (χ4n) is 2.52. The first-order valence-corrected chi connectivity index (χ1v) is 7.88. The van der Waals surface area contributed by atoms with Crippen LogP contribution >= 0.6 is 31.9 Å². The van der Waals surface area contributed by atoms with Crippen molar-refractivity contribution in [2.24, 2.45) is 11.8 Å². The number of hydrogen-bond acceptors (Lipinski definition) is 1. The monoisotopic (exact) mass is 373 g/mol. The number of nitrogens with one attached hydrogen (secondary N) is 1. The minimum absolute atomic E-state index is 0.00827. The Morgan fingerprint density at radius 3 is 2.78 bits per heavy atom. The SMILES string of the molecule is CC1CCC(CNC(=O)c2ccc(Br)cc2Br)C1. The maximum Gasteiger partial charge on any atom is 0.252 e. The molecule has 0 bridgehead atoms. The zero-order chi connectivity index (χ0) is 13.1. The smallest absolute Gasteiger partial charge is 0.252 e. The topological polar surface area (TPSA) is 29.1 Å². The molecule has 4 heteroatoms. The van der Waals surface area contributed by atoms with E-state index in [9.17, 15) is 4.79 Å². The van der Waals surface area contributed by atoms with Gasteiger partial charge in [0.25, 0.3) is 5.91 Å². The van der Waals surface area contributed by atoms with Crippen molar-refractivity contribution in [2.45, 2.75) is 26.2 Å². The van der Waals surface area contributed by atoms with E-state index in [0.29, 0.717) is 11.5 Å². The van der Waals surface area contributed by atoms with Crippen molar-refractivity contribution in [1.82, 2.24) is 5.32 Å². The van der Waals surface area contributed by atoms with E-state index >= 15 is 0 Å². The number of rotatable bonds is 3. The molecule has 0 spiro atoms. The Labute approximate surface area is 125 Å². The second kappa shape index (κ2) is 6.20. The average molecular weight is 375 g/mol. The normalized spacial score (nSPS) is 23.1. The lowest BCUT2D eigenvalue weighted by Crippen LogP contribution is -2.28. The van der Waals surface area contributed by atoms with Gasteiger partial charge < -0.3 is 5.32 Å². The van der Waals surface area contributed by atoms with E-state index in [1.807, 2.05) is 18.2 Å². The zero-order valence-electron chi connectivity index (χ0n) is 10.4. The molecular weight excluding hydrogens is 358 g/mol. The molecule has 2 unspecified atom stereocenters. The zero-order valence-corrected chi connectivity index (χ0v) is 13.6. The Bertz CT molecular complexity index is 447. The number of carbonyl (C=O) groups is 1. The number of benzene rings is 1. The van der Waals surface area contributed by atoms with E-state index < -0.39 is 0 Å². The first-order valence-electron chi connectivity index (χ1n) is 6.29. The molecular formula is C14H17Br2NO. The molecule has 98 valence electrons. The Kier molecular flexibility index (Phi) is 4.84. The Morgan fingerprint density at radius 2 is 2.17 bits per heavy atom. The molecule has 2 nitrogen and oxygen atoms in total. The van der Waals surface area contributed by atoms with Gasteiger partial charge in [0.15, 0.2) is 0 Å². The highest BCUT2D eigenvalue weighted by atomic mass is 79.9. The van der Waals surface area contributed by atoms with Crippen molar-refractivity contribution >= 4 is 37.8 Å². The summed E-state index contributed by atoms with van der Waals surface area (Å²) in [6.07, 6.45) is 3.77. The van der Waals surface area contributed by atoms with Crippen LogP contribution in [0, 0.1) is 11.8 Å². The molecule has 1 saturated carbocycles. The lowest BCUT2D eigenvalue weighted by Gasteiger charge is -2.12. The number of carbonyl (C=O) groups excluding carboxylic acids is 1. The van der Waals surface area contributed by atoms with Gasteiger partial charge in [-0.15, -0.1) is 0 Å². The van der Waals surface area contributed by atoms with Crippen molar-refractivity contribution in [2.75, 3.05) is 6.54 Å². The third-order valence-electron chi connectivity index (χ3n) is 3.53. The minimum Gasteiger partial charge on any atom is -0.352 e. The Hall–Kier alpha value is -0.350. The van der Waals surface area contributed by atoms with Gasteiger partial charge >= 0.3 is 0 Å². The van der Waals surface area contributed by atoms with Crippen LogP contribution in [0.25, 0.3) is 0 Å². The van der Waals surface area contributed by atoms with E-state index in [4.69, 9.17) is 0 Å². The maximum absolute atomic E-state index is 12.1. The summed E-state index contributed by atoms with van der Waals surface area (Å²) in [6, 6.07) is 5.62. The van der Waals surface area contributed by atoms with Gasteiger partial charge in [0, 0.05) is 15.5 Å². The summed E-state index contributed by atoms with van der Waals surface area (Å²) in [5.41, 5.74) is 0.698. The van der Waals surface area contributed by atoms with E-state index in [1.165, 1.54) is 19.3 Å². The molecule has 1 fully saturated rings. The largest absolute Gasteiger partial charge is 0.352 e. The van der Waals surface area contributed by atoms with Crippen LogP contribution in [-0.4, -0.2) is 12.5 Å². The van der Waals surface area contributed by atoms with Crippen LogP contribution in [0.5, 0.6) is 0 Å². The van der Waals surface area contributed by atoms with E-state index in [-0.39, 0.29) is 5.91 Å². The van der Waals surface area contributed by atoms with Gasteiger partial charge in [-0.3, -0.25) is 4.79 Å². The number of halogens is 2. The number of amides is 1. The summed E-state index contributed by atoms with van der Waals surface area (Å²) in [7, 11) is 0. The van der Waals surface area contributed by atoms with Gasteiger partial charge in [-0.25, -0.2) is 0 Å². The summed E-state index contributed by atoms with van der Waals surface area (Å²) in [4.78, 5) is 12.1. The average Bonchev–Trinajstić information content (AvgIpc) is 2.72. The highest BCUT2D eigenvalue weighted by Gasteiger charge is 2.22. The number of hydrogen-bond donors (Lipinski definition) is 1. The minimum atomic E-state index is 0.00827. The molecule has 1 aliphatic rings. The van der Waals surface area contributed by atoms with Crippen LogP contribution in [0.4, 0.5) is 0 Å². The molecule has 0 heterocycles. The molecule has 18 heavy (non-hydrogen) atoms. The maximum atomic E-state index is 12.1. The third-order valence-corrected chi connectivity index (χ3v) is 4.68. The summed E-state index contributed by atoms with van der Waals surface area (Å²) < 4.78 is 1.80. The Morgan fingerprint density at radius 1 is 1.39 bits per heavy atom. The van der Waals surface area contributed by atoms with Crippen molar-refractivity contribution in [3.63, 3.8) is 0 Å². The van der Waals surface area contributed by atoms with Gasteiger partial charge in [0.05, 0.1) is 5.56 Å². The van der Waals surface area contributed by atoms with Crippen molar-refractivity contribution in [3.8, 4) is 0 Å². The van der Waals surface area contributed by atoms with Crippen LogP contribution in [0.1, 0.15) is 36.5 Å². The molecule has 1 N–H and O–H groups in total. The van der Waals surface area contributed by atoms with Crippen LogP contribution in [0.15, 0.2) is 27.1 Å². The third kappa shape index (κ3) is 3.58. The Balaban J connectivity index is 1.91. The summed E-state index contributed by atoms with van der Waals surface area (Å²) in [5, 5.41) is 3.04. The molecule has 0 aliphatic heterocycles. The first kappa shape index (κ1) is 14.1. The van der Waals surface area contributed by atoms with E-state index in [2.05, 4.69) is 44.1 Å². The van der Waals surface area contributed by atoms with Crippen LogP contribution in [-0.2, 0) is 0 Å². The van der Waals surface area contributed by atoms with Gasteiger partial charge in [0.2, 0.25) is 0 Å². The van der Waals surface area contributed by atoms with Crippen molar-refractivity contribution in [3.05, 3.63) is 32.7 Å². The second-order valence-corrected chi connectivity index (χ2v) is 6.89.